The van der Waals surface area contributed by atoms with Gasteiger partial charge in [-0.05, 0) is 17.7 Å². The normalized spacial score (nSPS) is 17.0. The minimum absolute atomic E-state index is 0.0882. The molecule has 0 N–H and O–H groups in total. The van der Waals surface area contributed by atoms with Crippen molar-refractivity contribution in [3.63, 3.8) is 0 Å². The van der Waals surface area contributed by atoms with Crippen LogP contribution in [-0.2, 0) is 6.42 Å². The van der Waals surface area contributed by atoms with Gasteiger partial charge >= 0.3 is 0 Å². The van der Waals surface area contributed by atoms with Crippen LogP contribution >= 0.6 is 0 Å². The Hall–Kier alpha value is -3.15. The van der Waals surface area contributed by atoms with Crippen LogP contribution in [0.1, 0.15) is 21.5 Å². The van der Waals surface area contributed by atoms with Crippen molar-refractivity contribution in [2.75, 3.05) is 13.2 Å². The molecule has 0 saturated carbocycles. The number of hydrogen-bond donors (Lipinski definition) is 0. The second kappa shape index (κ2) is 5.49. The van der Waals surface area contributed by atoms with E-state index in [-0.39, 0.29) is 11.5 Å². The van der Waals surface area contributed by atoms with Crippen molar-refractivity contribution in [2.24, 2.45) is 0 Å². The molecule has 0 spiro atoms. The van der Waals surface area contributed by atoms with Crippen molar-refractivity contribution in [2.45, 2.75) is 6.42 Å². The maximum Gasteiger partial charge on any atom is 0.280 e. The lowest BCUT2D eigenvalue weighted by Gasteiger charge is -2.18. The number of hydrogen-bond acceptors (Lipinski definition) is 5. The fourth-order valence-corrected chi connectivity index (χ4v) is 3.03. The summed E-state index contributed by atoms with van der Waals surface area (Å²) in [4.78, 5) is 23.4. The molecule has 0 saturated heterocycles. The van der Waals surface area contributed by atoms with Gasteiger partial charge in [-0.1, -0.05) is 24.3 Å². The number of nitrogens with zero attached hydrogens (tertiary/aromatic N) is 1. The first-order valence-corrected chi connectivity index (χ1v) is 7.54. The highest BCUT2D eigenvalue weighted by Crippen LogP contribution is 2.38. The van der Waals surface area contributed by atoms with E-state index in [0.717, 1.165) is 5.56 Å². The van der Waals surface area contributed by atoms with E-state index in [1.165, 1.54) is 6.07 Å². The maximum absolute atomic E-state index is 12.5. The van der Waals surface area contributed by atoms with Gasteiger partial charge in [0.15, 0.2) is 17.3 Å². The summed E-state index contributed by atoms with van der Waals surface area (Å²) < 4.78 is 10.9. The fraction of sp³-hybridized carbons (Fsp3) is 0.167. The molecule has 6 heteroatoms. The highest BCUT2D eigenvalue weighted by Gasteiger charge is 2.27. The number of nitro groups is 1. The predicted molar refractivity (Wildman–Crippen MR) is 86.5 cm³/mol. The zero-order valence-corrected chi connectivity index (χ0v) is 12.7. The van der Waals surface area contributed by atoms with Crippen molar-refractivity contribution < 1.29 is 19.2 Å². The molecule has 2 aromatic carbocycles. The second-order valence-corrected chi connectivity index (χ2v) is 5.64. The topological polar surface area (TPSA) is 78.7 Å². The second-order valence-electron chi connectivity index (χ2n) is 5.64. The van der Waals surface area contributed by atoms with Crippen LogP contribution in [0.15, 0.2) is 42.0 Å². The van der Waals surface area contributed by atoms with Crippen molar-refractivity contribution >= 4 is 17.5 Å². The van der Waals surface area contributed by atoms with Crippen LogP contribution in [0.5, 0.6) is 11.5 Å². The lowest BCUT2D eigenvalue weighted by atomic mass is 10.1. The Morgan fingerprint density at radius 3 is 2.50 bits per heavy atom. The highest BCUT2D eigenvalue weighted by atomic mass is 16.6. The molecule has 1 heterocycles. The largest absolute Gasteiger partial charge is 0.486 e. The minimum atomic E-state index is -0.475. The zero-order chi connectivity index (χ0) is 16.7. The molecule has 24 heavy (non-hydrogen) atoms. The van der Waals surface area contributed by atoms with Crippen molar-refractivity contribution in [3.05, 3.63) is 68.8 Å². The molecular weight excluding hydrogens is 310 g/mol. The van der Waals surface area contributed by atoms with Gasteiger partial charge in [0.2, 0.25) is 0 Å². The van der Waals surface area contributed by atoms with Crippen molar-refractivity contribution in [1.29, 1.82) is 0 Å². The number of carbonyl (C=O) groups excluding carboxylic acids is 1. The van der Waals surface area contributed by atoms with E-state index in [1.807, 2.05) is 18.2 Å². The van der Waals surface area contributed by atoms with Gasteiger partial charge in [0.05, 0.1) is 16.6 Å². The Morgan fingerprint density at radius 1 is 1.08 bits per heavy atom. The van der Waals surface area contributed by atoms with Gasteiger partial charge in [-0.2, -0.15) is 0 Å². The molecule has 0 amide bonds. The van der Waals surface area contributed by atoms with E-state index in [1.54, 1.807) is 18.2 Å². The van der Waals surface area contributed by atoms with Crippen LogP contribution in [0.3, 0.4) is 0 Å². The average Bonchev–Trinajstić information content (AvgIpc) is 2.90. The zero-order valence-electron chi connectivity index (χ0n) is 12.7. The Bertz CT molecular complexity index is 900. The number of allylic oxidation sites excluding steroid dienone is 1. The van der Waals surface area contributed by atoms with Crippen LogP contribution in [0, 0.1) is 10.1 Å². The van der Waals surface area contributed by atoms with E-state index >= 15 is 0 Å². The van der Waals surface area contributed by atoms with E-state index < -0.39 is 4.92 Å². The van der Waals surface area contributed by atoms with Gasteiger partial charge in [0.25, 0.3) is 5.69 Å². The van der Waals surface area contributed by atoms with E-state index in [2.05, 4.69) is 0 Å². The summed E-state index contributed by atoms with van der Waals surface area (Å²) >= 11 is 0. The molecule has 0 unspecified atom stereocenters. The fourth-order valence-electron chi connectivity index (χ4n) is 3.03. The molecule has 1 aliphatic heterocycles. The van der Waals surface area contributed by atoms with Gasteiger partial charge in [0.1, 0.15) is 13.2 Å². The lowest BCUT2D eigenvalue weighted by molar-refractivity contribution is -0.385. The summed E-state index contributed by atoms with van der Waals surface area (Å²) in [5.74, 6) is 0.729. The van der Waals surface area contributed by atoms with Crippen molar-refractivity contribution in [1.82, 2.24) is 0 Å². The van der Waals surface area contributed by atoms with Crippen LogP contribution in [0.2, 0.25) is 0 Å². The van der Waals surface area contributed by atoms with E-state index in [0.29, 0.717) is 47.8 Å². The smallest absolute Gasteiger partial charge is 0.280 e. The molecule has 0 aromatic heterocycles. The quantitative estimate of drug-likeness (QED) is 0.482. The summed E-state index contributed by atoms with van der Waals surface area (Å²) in [5.41, 5.74) is 2.38. The molecule has 0 fully saturated rings. The van der Waals surface area contributed by atoms with Crippen molar-refractivity contribution in [3.8, 4) is 11.5 Å². The van der Waals surface area contributed by atoms with Crippen LogP contribution in [-0.4, -0.2) is 23.9 Å². The third kappa shape index (κ3) is 2.32. The molecule has 2 aliphatic rings. The number of nitro benzene ring substituents is 1. The maximum atomic E-state index is 12.5. The summed E-state index contributed by atoms with van der Waals surface area (Å²) in [7, 11) is 0. The minimum Gasteiger partial charge on any atom is -0.486 e. The van der Waals surface area contributed by atoms with Gasteiger partial charge in [-0.25, -0.2) is 0 Å². The molecule has 1 aliphatic carbocycles. The highest BCUT2D eigenvalue weighted by molar-refractivity contribution is 6.15. The average molecular weight is 323 g/mol. The van der Waals surface area contributed by atoms with Gasteiger partial charge in [-0.3, -0.25) is 14.9 Å². The molecule has 4 rings (SSSR count). The first-order valence-electron chi connectivity index (χ1n) is 7.54. The number of fused-ring (bicyclic) bond motifs is 2. The van der Waals surface area contributed by atoms with E-state index in [4.69, 9.17) is 9.47 Å². The Labute approximate surface area is 137 Å². The van der Waals surface area contributed by atoms with Crippen LogP contribution < -0.4 is 9.47 Å². The predicted octanol–water partition coefficient (Wildman–Crippen LogP) is 3.19. The number of ketones is 1. The van der Waals surface area contributed by atoms with Gasteiger partial charge in [0, 0.05) is 17.6 Å². The molecule has 120 valence electrons. The molecule has 2 aromatic rings. The first kappa shape index (κ1) is 14.4. The standard InChI is InChI=1S/C18H13NO5/c20-18-13(7-11-3-1-2-4-14(11)18)8-12-9-16-17(24-6-5-23-16)10-15(12)19(21)22/h1-4,8-10H,5-7H2. The molecular formula is C18H13NO5. The third-order valence-electron chi connectivity index (χ3n) is 4.15. The molecule has 0 atom stereocenters. The van der Waals surface area contributed by atoms with Gasteiger partial charge in [-0.15, -0.1) is 0 Å². The summed E-state index contributed by atoms with van der Waals surface area (Å²) in [5, 5.41) is 11.4. The number of carbonyl (C=O) groups is 1. The molecule has 6 nitrogen and oxygen atoms in total. The Balaban J connectivity index is 1.80. The lowest BCUT2D eigenvalue weighted by Crippen LogP contribution is -2.15. The number of benzene rings is 2. The Kier molecular flexibility index (Phi) is 3.30. The monoisotopic (exact) mass is 323 g/mol. The van der Waals surface area contributed by atoms with Crippen LogP contribution in [0.4, 0.5) is 5.69 Å². The summed E-state index contributed by atoms with van der Waals surface area (Å²) in [6.07, 6.45) is 2.05. The molecule has 0 radical (unpaired) electrons. The SMILES string of the molecule is O=C1C(=Cc2cc3c(cc2[N+](=O)[O-])OCCO3)Cc2ccccc21. The number of ether oxygens (including phenoxy) is 2. The number of rotatable bonds is 2. The van der Waals surface area contributed by atoms with Gasteiger partial charge < -0.3 is 9.47 Å². The first-order chi connectivity index (χ1) is 11.6. The number of Topliss-reactive ketones (excluding diaryl/α,β-unsaturated/α-hetero) is 1. The summed E-state index contributed by atoms with van der Waals surface area (Å²) in [6, 6.07) is 10.3. The Morgan fingerprint density at radius 2 is 1.79 bits per heavy atom. The van der Waals surface area contributed by atoms with E-state index in [9.17, 15) is 14.9 Å². The third-order valence-corrected chi connectivity index (χ3v) is 4.15. The molecule has 0 bridgehead atoms. The van der Waals surface area contributed by atoms with Crippen LogP contribution in [0.25, 0.3) is 6.08 Å². The summed E-state index contributed by atoms with van der Waals surface area (Å²) in [6.45, 7) is 0.754.